The lowest BCUT2D eigenvalue weighted by Gasteiger charge is -2.39. The molecule has 3 rings (SSSR count). The molecule has 2 unspecified atom stereocenters. The van der Waals surface area contributed by atoms with Crippen molar-refractivity contribution in [3.8, 4) is 0 Å². The van der Waals surface area contributed by atoms with Gasteiger partial charge in [-0.3, -0.25) is 0 Å². The van der Waals surface area contributed by atoms with Crippen molar-refractivity contribution >= 4 is 5.96 Å². The molecular formula is C18H28N6. The van der Waals surface area contributed by atoms with Crippen LogP contribution in [0.2, 0.25) is 0 Å². The molecule has 2 atom stereocenters. The highest BCUT2D eigenvalue weighted by Gasteiger charge is 2.28. The van der Waals surface area contributed by atoms with Crippen LogP contribution in [0.4, 0.5) is 0 Å². The number of imidazole rings is 1. The van der Waals surface area contributed by atoms with E-state index in [1.54, 1.807) is 0 Å². The minimum absolute atomic E-state index is 0.446. The first kappa shape index (κ1) is 16.6. The number of guanidine groups is 1. The van der Waals surface area contributed by atoms with Crippen LogP contribution in [0.1, 0.15) is 31.9 Å². The summed E-state index contributed by atoms with van der Waals surface area (Å²) in [7, 11) is 2.04. The zero-order valence-corrected chi connectivity index (χ0v) is 14.9. The standard InChI is InChI=1S/C18H28N6/c1-4-20-18(21-11-16-6-8-22(3)12-16)23-9-5-15(2)17(13-23)24-10-7-19-14-24/h6-8,10,12,14-15,17H,4-5,9,11,13H2,1-3H3,(H,20,21). The quantitative estimate of drug-likeness (QED) is 0.692. The Bertz CT molecular complexity index is 657. The number of hydrogen-bond acceptors (Lipinski definition) is 2. The number of nitrogens with one attached hydrogen (secondary N) is 1. The van der Waals surface area contributed by atoms with Gasteiger partial charge in [-0.1, -0.05) is 6.92 Å². The molecule has 0 saturated carbocycles. The van der Waals surface area contributed by atoms with E-state index in [2.05, 4.69) is 62.8 Å². The average Bonchev–Trinajstić information content (AvgIpc) is 3.24. The third-order valence-electron chi connectivity index (χ3n) is 4.77. The van der Waals surface area contributed by atoms with Crippen molar-refractivity contribution in [1.29, 1.82) is 0 Å². The van der Waals surface area contributed by atoms with E-state index in [9.17, 15) is 0 Å². The lowest BCUT2D eigenvalue weighted by atomic mass is 9.93. The van der Waals surface area contributed by atoms with Crippen molar-refractivity contribution in [3.63, 3.8) is 0 Å². The maximum atomic E-state index is 4.85. The Morgan fingerprint density at radius 1 is 1.42 bits per heavy atom. The Morgan fingerprint density at radius 3 is 2.96 bits per heavy atom. The third-order valence-corrected chi connectivity index (χ3v) is 4.77. The minimum atomic E-state index is 0.446. The van der Waals surface area contributed by atoms with Crippen LogP contribution in [-0.4, -0.2) is 44.6 Å². The molecule has 0 bridgehead atoms. The van der Waals surface area contributed by atoms with Gasteiger partial charge in [-0.2, -0.15) is 0 Å². The smallest absolute Gasteiger partial charge is 0.194 e. The largest absolute Gasteiger partial charge is 0.357 e. The van der Waals surface area contributed by atoms with Crippen molar-refractivity contribution in [3.05, 3.63) is 42.7 Å². The molecule has 130 valence electrons. The molecule has 24 heavy (non-hydrogen) atoms. The van der Waals surface area contributed by atoms with Crippen molar-refractivity contribution in [2.75, 3.05) is 19.6 Å². The predicted molar refractivity (Wildman–Crippen MR) is 96.8 cm³/mol. The first-order valence-corrected chi connectivity index (χ1v) is 8.79. The molecule has 6 nitrogen and oxygen atoms in total. The molecule has 1 N–H and O–H groups in total. The fraction of sp³-hybridized carbons (Fsp3) is 0.556. The topological polar surface area (TPSA) is 50.4 Å². The highest BCUT2D eigenvalue weighted by Crippen LogP contribution is 2.27. The van der Waals surface area contributed by atoms with E-state index < -0.39 is 0 Å². The van der Waals surface area contributed by atoms with E-state index in [0.717, 1.165) is 25.6 Å². The van der Waals surface area contributed by atoms with Crippen LogP contribution in [0, 0.1) is 5.92 Å². The Morgan fingerprint density at radius 2 is 2.29 bits per heavy atom. The van der Waals surface area contributed by atoms with E-state index in [1.165, 1.54) is 12.0 Å². The Hall–Kier alpha value is -2.24. The van der Waals surface area contributed by atoms with Crippen molar-refractivity contribution < 1.29 is 0 Å². The van der Waals surface area contributed by atoms with E-state index >= 15 is 0 Å². The number of rotatable bonds is 4. The van der Waals surface area contributed by atoms with Crippen LogP contribution in [0.5, 0.6) is 0 Å². The van der Waals surface area contributed by atoms with E-state index in [1.807, 2.05) is 19.6 Å². The highest BCUT2D eigenvalue weighted by molar-refractivity contribution is 5.80. The first-order chi connectivity index (χ1) is 11.7. The molecule has 2 aromatic rings. The van der Waals surface area contributed by atoms with E-state index in [4.69, 9.17) is 4.99 Å². The molecule has 1 aliphatic rings. The lowest BCUT2D eigenvalue weighted by Crippen LogP contribution is -2.49. The van der Waals surface area contributed by atoms with E-state index in [-0.39, 0.29) is 0 Å². The molecule has 0 aliphatic carbocycles. The maximum absolute atomic E-state index is 4.85. The molecule has 6 heteroatoms. The molecule has 0 amide bonds. The molecule has 3 heterocycles. The van der Waals surface area contributed by atoms with Gasteiger partial charge in [0.2, 0.25) is 0 Å². The normalized spacial score (nSPS) is 22.0. The summed E-state index contributed by atoms with van der Waals surface area (Å²) in [5.41, 5.74) is 1.24. The number of piperidine rings is 1. The zero-order valence-electron chi connectivity index (χ0n) is 14.9. The van der Waals surface area contributed by atoms with Crippen LogP contribution in [-0.2, 0) is 13.6 Å². The number of likely N-dealkylation sites (tertiary alicyclic amines) is 1. The van der Waals surface area contributed by atoms with Crippen LogP contribution >= 0.6 is 0 Å². The van der Waals surface area contributed by atoms with Gasteiger partial charge in [0.1, 0.15) is 0 Å². The molecule has 0 aromatic carbocycles. The summed E-state index contributed by atoms with van der Waals surface area (Å²) in [5.74, 6) is 1.66. The predicted octanol–water partition coefficient (Wildman–Crippen LogP) is 2.27. The van der Waals surface area contributed by atoms with Crippen LogP contribution in [0.3, 0.4) is 0 Å². The summed E-state index contributed by atoms with van der Waals surface area (Å²) in [4.78, 5) is 11.5. The average molecular weight is 328 g/mol. The second-order valence-corrected chi connectivity index (χ2v) is 6.64. The summed E-state index contributed by atoms with van der Waals surface area (Å²) in [6.07, 6.45) is 11.2. The van der Waals surface area contributed by atoms with Gasteiger partial charge >= 0.3 is 0 Å². The Balaban J connectivity index is 1.72. The Kier molecular flexibility index (Phi) is 5.23. The molecule has 0 spiro atoms. The van der Waals surface area contributed by atoms with Gasteiger partial charge in [0.25, 0.3) is 0 Å². The molecule has 1 aliphatic heterocycles. The van der Waals surface area contributed by atoms with Crippen molar-refractivity contribution in [2.45, 2.75) is 32.9 Å². The van der Waals surface area contributed by atoms with Gasteiger partial charge in [0.05, 0.1) is 18.9 Å². The second-order valence-electron chi connectivity index (χ2n) is 6.64. The Labute approximate surface area is 144 Å². The number of hydrogen-bond donors (Lipinski definition) is 1. The van der Waals surface area contributed by atoms with Gasteiger partial charge in [0.15, 0.2) is 5.96 Å². The summed E-state index contributed by atoms with van der Waals surface area (Å²) >= 11 is 0. The van der Waals surface area contributed by atoms with Gasteiger partial charge < -0.3 is 19.4 Å². The summed E-state index contributed by atoms with van der Waals surface area (Å²) in [5, 5.41) is 3.45. The van der Waals surface area contributed by atoms with Gasteiger partial charge in [0, 0.05) is 51.5 Å². The molecule has 1 saturated heterocycles. The fourth-order valence-corrected chi connectivity index (χ4v) is 3.34. The summed E-state index contributed by atoms with van der Waals surface area (Å²) < 4.78 is 4.30. The third kappa shape index (κ3) is 3.80. The fourth-order valence-electron chi connectivity index (χ4n) is 3.34. The molecule has 0 radical (unpaired) electrons. The van der Waals surface area contributed by atoms with Crippen LogP contribution in [0.15, 0.2) is 42.2 Å². The van der Waals surface area contributed by atoms with Crippen LogP contribution in [0.25, 0.3) is 0 Å². The molecule has 2 aromatic heterocycles. The number of aliphatic imine (C=N–C) groups is 1. The first-order valence-electron chi connectivity index (χ1n) is 8.79. The van der Waals surface area contributed by atoms with Crippen molar-refractivity contribution in [2.24, 2.45) is 18.0 Å². The highest BCUT2D eigenvalue weighted by atomic mass is 15.3. The monoisotopic (exact) mass is 328 g/mol. The van der Waals surface area contributed by atoms with Crippen LogP contribution < -0.4 is 5.32 Å². The van der Waals surface area contributed by atoms with E-state index in [0.29, 0.717) is 18.5 Å². The lowest BCUT2D eigenvalue weighted by molar-refractivity contribution is 0.189. The van der Waals surface area contributed by atoms with Gasteiger partial charge in [-0.05, 0) is 30.9 Å². The number of aryl methyl sites for hydroxylation is 1. The number of nitrogens with zero attached hydrogens (tertiary/aromatic N) is 5. The summed E-state index contributed by atoms with van der Waals surface area (Å²) in [6, 6.07) is 2.57. The zero-order chi connectivity index (χ0) is 16.9. The summed E-state index contributed by atoms with van der Waals surface area (Å²) in [6.45, 7) is 8.07. The second kappa shape index (κ2) is 7.55. The number of aromatic nitrogens is 3. The maximum Gasteiger partial charge on any atom is 0.194 e. The molecule has 1 fully saturated rings. The molecular weight excluding hydrogens is 300 g/mol. The minimum Gasteiger partial charge on any atom is -0.357 e. The van der Waals surface area contributed by atoms with Gasteiger partial charge in [-0.25, -0.2) is 9.98 Å². The van der Waals surface area contributed by atoms with Gasteiger partial charge in [-0.15, -0.1) is 0 Å². The SMILES string of the molecule is CCNC(=NCc1ccn(C)c1)N1CCC(C)C(n2ccnc2)C1. The van der Waals surface area contributed by atoms with Crippen molar-refractivity contribution in [1.82, 2.24) is 24.3 Å².